The van der Waals surface area contributed by atoms with Crippen LogP contribution in [0.4, 0.5) is 0 Å². The van der Waals surface area contributed by atoms with Crippen LogP contribution in [0.1, 0.15) is 184 Å². The molecule has 0 aliphatic heterocycles. The zero-order valence-corrected chi connectivity index (χ0v) is 30.5. The van der Waals surface area contributed by atoms with E-state index >= 15 is 0 Å². The van der Waals surface area contributed by atoms with E-state index in [0.29, 0.717) is 36.3 Å². The van der Waals surface area contributed by atoms with Crippen LogP contribution >= 0.6 is 15.9 Å². The number of unbranched alkanes of at least 4 members (excludes halogenated alkanes) is 19. The Morgan fingerprint density at radius 2 is 0.844 bits per heavy atom. The van der Waals surface area contributed by atoms with Crippen molar-refractivity contribution < 1.29 is 23.9 Å². The summed E-state index contributed by atoms with van der Waals surface area (Å²) in [5.74, 6) is -0.910. The molecule has 256 valence electrons. The van der Waals surface area contributed by atoms with Crippen molar-refractivity contribution in [2.24, 2.45) is 0 Å². The maximum Gasteiger partial charge on any atom is 0.339 e. The monoisotopic (exact) mass is 690 g/mol. The van der Waals surface area contributed by atoms with Gasteiger partial charge < -0.3 is 9.47 Å². The van der Waals surface area contributed by atoms with Crippen molar-refractivity contribution in [2.45, 2.75) is 168 Å². The van der Waals surface area contributed by atoms with Crippen molar-refractivity contribution in [3.05, 3.63) is 41.0 Å². The van der Waals surface area contributed by atoms with Crippen LogP contribution in [-0.4, -0.2) is 29.8 Å². The predicted molar refractivity (Wildman–Crippen MR) is 192 cm³/mol. The van der Waals surface area contributed by atoms with Gasteiger partial charge in [-0.3, -0.25) is 4.79 Å². The smallest absolute Gasteiger partial charge is 0.339 e. The van der Waals surface area contributed by atoms with E-state index in [1.165, 1.54) is 83.5 Å². The second kappa shape index (κ2) is 28.3. The topological polar surface area (TPSA) is 69.7 Å². The largest absolute Gasteiger partial charge is 0.462 e. The Kier molecular flexibility index (Phi) is 25.8. The lowest BCUT2D eigenvalue weighted by atomic mass is 9.94. The molecule has 0 bridgehead atoms. The molecule has 0 saturated heterocycles. The fourth-order valence-corrected chi connectivity index (χ4v) is 5.82. The first-order chi connectivity index (χ1) is 22.0. The summed E-state index contributed by atoms with van der Waals surface area (Å²) in [5, 5.41) is 0. The lowest BCUT2D eigenvalue weighted by Crippen LogP contribution is -2.17. The third kappa shape index (κ3) is 20.0. The van der Waals surface area contributed by atoms with Crippen LogP contribution in [0.5, 0.6) is 0 Å². The molecule has 0 N–H and O–H groups in total. The van der Waals surface area contributed by atoms with Crippen molar-refractivity contribution >= 4 is 38.1 Å². The molecule has 45 heavy (non-hydrogen) atoms. The highest BCUT2D eigenvalue weighted by Gasteiger charge is 2.25. The SMILES string of the molecule is CCCCCCCCCCOC(=O)/C(CCCCCCCC)=C(\C(=O)OCCCCCCCCCC)c1ccc(C(=O)Br)cc1. The van der Waals surface area contributed by atoms with E-state index in [4.69, 9.17) is 9.47 Å². The van der Waals surface area contributed by atoms with Crippen molar-refractivity contribution in [1.29, 1.82) is 0 Å². The number of carbonyl (C=O) groups is 3. The molecule has 1 aromatic rings. The van der Waals surface area contributed by atoms with Crippen LogP contribution in [-0.2, 0) is 19.1 Å². The lowest BCUT2D eigenvalue weighted by molar-refractivity contribution is -0.141. The summed E-state index contributed by atoms with van der Waals surface area (Å²) in [6, 6.07) is 6.81. The summed E-state index contributed by atoms with van der Waals surface area (Å²) in [4.78, 5) is 39.1. The molecule has 0 aliphatic rings. The van der Waals surface area contributed by atoms with E-state index in [9.17, 15) is 14.4 Å². The summed E-state index contributed by atoms with van der Waals surface area (Å²) in [5.41, 5.74) is 1.74. The molecule has 0 aliphatic carbocycles. The van der Waals surface area contributed by atoms with Crippen molar-refractivity contribution in [1.82, 2.24) is 0 Å². The highest BCUT2D eigenvalue weighted by Crippen LogP contribution is 2.27. The Morgan fingerprint density at radius 1 is 0.489 bits per heavy atom. The lowest BCUT2D eigenvalue weighted by Gasteiger charge is -2.16. The van der Waals surface area contributed by atoms with Crippen molar-refractivity contribution in [3.8, 4) is 0 Å². The molecule has 0 spiro atoms. The summed E-state index contributed by atoms with van der Waals surface area (Å²) in [7, 11) is 0. The molecule has 0 unspecified atom stereocenters. The minimum absolute atomic E-state index is 0.228. The number of halogens is 1. The van der Waals surface area contributed by atoms with Crippen LogP contribution in [0, 0.1) is 0 Å². The zero-order chi connectivity index (χ0) is 33.0. The minimum Gasteiger partial charge on any atom is -0.462 e. The number of ether oxygens (including phenoxy) is 2. The van der Waals surface area contributed by atoms with E-state index in [0.717, 1.165) is 57.8 Å². The first-order valence-corrected chi connectivity index (χ1v) is 19.1. The first kappa shape index (κ1) is 41.1. The molecule has 0 aromatic heterocycles. The number of benzene rings is 1. The molecule has 0 amide bonds. The fourth-order valence-electron chi connectivity index (χ4n) is 5.56. The van der Waals surface area contributed by atoms with Crippen LogP contribution in [0.25, 0.3) is 5.57 Å². The van der Waals surface area contributed by atoms with Gasteiger partial charge in [0, 0.05) is 5.56 Å². The molecule has 1 rings (SSSR count). The van der Waals surface area contributed by atoms with Gasteiger partial charge in [0.1, 0.15) is 0 Å². The molecular weight excluding hydrogens is 628 g/mol. The van der Waals surface area contributed by atoms with E-state index in [1.807, 2.05) is 0 Å². The third-order valence-electron chi connectivity index (χ3n) is 8.40. The van der Waals surface area contributed by atoms with E-state index in [1.54, 1.807) is 24.3 Å². The van der Waals surface area contributed by atoms with Gasteiger partial charge in [-0.2, -0.15) is 0 Å². The fraction of sp³-hybridized carbons (Fsp3) is 0.718. The molecule has 0 radical (unpaired) electrons. The number of carbonyl (C=O) groups excluding carboxylic acids is 3. The van der Waals surface area contributed by atoms with Crippen LogP contribution in [0.15, 0.2) is 29.8 Å². The van der Waals surface area contributed by atoms with Crippen LogP contribution < -0.4 is 0 Å². The number of esters is 2. The summed E-state index contributed by atoms with van der Waals surface area (Å²) < 4.78 is 11.4. The first-order valence-electron chi connectivity index (χ1n) is 18.3. The Bertz CT molecular complexity index is 953. The second-order valence-corrected chi connectivity index (χ2v) is 13.2. The maximum atomic E-state index is 13.6. The standard InChI is InChI=1S/C39H63BrO5/c1-4-7-10-13-16-18-21-24-31-44-38(42)35(26-23-20-15-12-9-6-3)36(33-27-29-34(30-28-33)37(40)41)39(43)45-32-25-22-19-17-14-11-8-5-2/h27-30H,4-26,31-32H2,1-3H3/b36-35-. The Balaban J connectivity index is 3.00. The van der Waals surface area contributed by atoms with Gasteiger partial charge in [0.25, 0.3) is 0 Å². The van der Waals surface area contributed by atoms with Gasteiger partial charge >= 0.3 is 11.9 Å². The molecule has 1 aromatic carbocycles. The van der Waals surface area contributed by atoms with Gasteiger partial charge in [0.15, 0.2) is 0 Å². The van der Waals surface area contributed by atoms with E-state index in [2.05, 4.69) is 36.7 Å². The summed E-state index contributed by atoms with van der Waals surface area (Å²) >= 11 is 3.00. The van der Waals surface area contributed by atoms with Gasteiger partial charge in [-0.15, -0.1) is 0 Å². The maximum absolute atomic E-state index is 13.6. The molecule has 5 nitrogen and oxygen atoms in total. The molecule has 0 saturated carbocycles. The number of hydrogen-bond acceptors (Lipinski definition) is 5. The number of rotatable bonds is 29. The highest BCUT2D eigenvalue weighted by molar-refractivity contribution is 9.18. The van der Waals surface area contributed by atoms with Gasteiger partial charge in [0.05, 0.1) is 24.4 Å². The van der Waals surface area contributed by atoms with Gasteiger partial charge in [-0.1, -0.05) is 155 Å². The Labute approximate surface area is 283 Å². The van der Waals surface area contributed by atoms with Crippen LogP contribution in [0.3, 0.4) is 0 Å². The summed E-state index contributed by atoms with van der Waals surface area (Å²) in [6.45, 7) is 7.33. The van der Waals surface area contributed by atoms with Crippen molar-refractivity contribution in [3.63, 3.8) is 0 Å². The molecule has 0 heterocycles. The second-order valence-electron chi connectivity index (χ2n) is 12.4. The van der Waals surface area contributed by atoms with Crippen LogP contribution in [0.2, 0.25) is 0 Å². The highest BCUT2D eigenvalue weighted by atomic mass is 79.9. The van der Waals surface area contributed by atoms with Crippen molar-refractivity contribution in [2.75, 3.05) is 13.2 Å². The number of hydrogen-bond donors (Lipinski definition) is 0. The molecule has 0 atom stereocenters. The molecular formula is C39H63BrO5. The van der Waals surface area contributed by atoms with Gasteiger partial charge in [0.2, 0.25) is 4.69 Å². The Morgan fingerprint density at radius 3 is 1.27 bits per heavy atom. The minimum atomic E-state index is -0.485. The third-order valence-corrected chi connectivity index (χ3v) is 8.85. The van der Waals surface area contributed by atoms with E-state index in [-0.39, 0.29) is 10.3 Å². The van der Waals surface area contributed by atoms with Gasteiger partial charge in [-0.05, 0) is 59.3 Å². The quantitative estimate of drug-likeness (QED) is 0.0362. The molecule has 0 fully saturated rings. The normalized spacial score (nSPS) is 11.7. The van der Waals surface area contributed by atoms with Gasteiger partial charge in [-0.25, -0.2) is 9.59 Å². The molecule has 6 heteroatoms. The zero-order valence-electron chi connectivity index (χ0n) is 28.9. The van der Waals surface area contributed by atoms with E-state index < -0.39 is 11.9 Å². The Hall–Kier alpha value is -1.95. The predicted octanol–water partition coefficient (Wildman–Crippen LogP) is 12.1. The average Bonchev–Trinajstić information content (AvgIpc) is 3.04. The summed E-state index contributed by atoms with van der Waals surface area (Å²) in [6.07, 6.45) is 25.5. The average molecular weight is 692 g/mol.